The zero-order chi connectivity index (χ0) is 22.5. The Balaban J connectivity index is 2.18. The van der Waals surface area contributed by atoms with Crippen LogP contribution in [0.1, 0.15) is 28.7 Å². The highest BCUT2D eigenvalue weighted by molar-refractivity contribution is 7.89. The van der Waals surface area contributed by atoms with Crippen molar-refractivity contribution in [3.05, 3.63) is 23.0 Å². The van der Waals surface area contributed by atoms with E-state index in [0.29, 0.717) is 5.69 Å². The third-order valence-corrected chi connectivity index (χ3v) is 4.87. The van der Waals surface area contributed by atoms with E-state index in [9.17, 15) is 18.0 Å². The van der Waals surface area contributed by atoms with Crippen LogP contribution in [0, 0.1) is 6.92 Å². The summed E-state index contributed by atoms with van der Waals surface area (Å²) in [5, 5.41) is 6.24. The number of urea groups is 1. The van der Waals surface area contributed by atoms with Crippen LogP contribution in [0.15, 0.2) is 6.07 Å². The number of rotatable bonds is 8. The highest BCUT2D eigenvalue weighted by Gasteiger charge is 2.27. The van der Waals surface area contributed by atoms with Gasteiger partial charge in [-0.1, -0.05) is 0 Å². The van der Waals surface area contributed by atoms with Gasteiger partial charge in [0.25, 0.3) is 0 Å². The molecule has 0 aromatic carbocycles. The first-order chi connectivity index (χ1) is 14.1. The fourth-order valence-corrected chi connectivity index (χ4v) is 3.59. The summed E-state index contributed by atoms with van der Waals surface area (Å²) >= 11 is 0. The van der Waals surface area contributed by atoms with Crippen molar-refractivity contribution in [2.75, 3.05) is 26.1 Å². The second-order valence-electron chi connectivity index (χ2n) is 5.84. The molecule has 2 rings (SSSR count). The number of methoxy groups -OCH3 is 2. The molecule has 0 radical (unpaired) electrons. The SMILES string of the molecule is CCOC(=O)c1c(C)nn(C)c1CS(=O)(=O)NC(=O)Nc1nc(OC)cc(OC)n1. The van der Waals surface area contributed by atoms with E-state index >= 15 is 0 Å². The lowest BCUT2D eigenvalue weighted by atomic mass is 10.2. The molecule has 2 aromatic heterocycles. The Bertz CT molecular complexity index is 1030. The molecule has 0 aliphatic carbocycles. The number of aromatic nitrogens is 4. The van der Waals surface area contributed by atoms with Gasteiger partial charge in [0.2, 0.25) is 27.7 Å². The molecule has 0 aliphatic rings. The van der Waals surface area contributed by atoms with E-state index in [1.165, 1.54) is 32.0 Å². The van der Waals surface area contributed by atoms with Crippen LogP contribution < -0.4 is 19.5 Å². The predicted molar refractivity (Wildman–Crippen MR) is 104 cm³/mol. The Labute approximate surface area is 172 Å². The highest BCUT2D eigenvalue weighted by atomic mass is 32.2. The first kappa shape index (κ1) is 22.9. The van der Waals surface area contributed by atoms with Crippen LogP contribution in [0.5, 0.6) is 11.8 Å². The van der Waals surface area contributed by atoms with E-state index in [-0.39, 0.29) is 35.6 Å². The van der Waals surface area contributed by atoms with E-state index in [2.05, 4.69) is 20.4 Å². The number of anilines is 1. The first-order valence-electron chi connectivity index (χ1n) is 8.58. The van der Waals surface area contributed by atoms with Gasteiger partial charge in [-0.2, -0.15) is 15.1 Å². The Morgan fingerprint density at radius 1 is 1.17 bits per heavy atom. The number of esters is 1. The molecule has 2 amide bonds. The van der Waals surface area contributed by atoms with Gasteiger partial charge in [-0.15, -0.1) is 0 Å². The first-order valence-corrected chi connectivity index (χ1v) is 10.2. The molecular weight excluding hydrogens is 420 g/mol. The highest BCUT2D eigenvalue weighted by Crippen LogP contribution is 2.18. The van der Waals surface area contributed by atoms with Gasteiger partial charge in [0, 0.05) is 7.05 Å². The second-order valence-corrected chi connectivity index (χ2v) is 7.57. The molecule has 0 saturated carbocycles. The third kappa shape index (κ3) is 5.56. The molecule has 0 spiro atoms. The van der Waals surface area contributed by atoms with Crippen molar-refractivity contribution in [1.82, 2.24) is 24.5 Å². The summed E-state index contributed by atoms with van der Waals surface area (Å²) in [6.45, 7) is 3.29. The van der Waals surface area contributed by atoms with Crippen molar-refractivity contribution >= 4 is 28.0 Å². The van der Waals surface area contributed by atoms with Gasteiger partial charge in [0.05, 0.1) is 38.3 Å². The van der Waals surface area contributed by atoms with Gasteiger partial charge >= 0.3 is 12.0 Å². The Morgan fingerprint density at radius 2 is 1.77 bits per heavy atom. The fourth-order valence-electron chi connectivity index (χ4n) is 2.49. The number of carbonyl (C=O) groups excluding carboxylic acids is 2. The number of nitrogens with one attached hydrogen (secondary N) is 2. The average Bonchev–Trinajstić information content (AvgIpc) is 2.93. The van der Waals surface area contributed by atoms with Crippen LogP contribution in [0.25, 0.3) is 0 Å². The molecule has 0 fully saturated rings. The molecule has 2 N–H and O–H groups in total. The molecule has 2 aromatic rings. The second kappa shape index (κ2) is 9.39. The van der Waals surface area contributed by atoms with Crippen LogP contribution in [0.4, 0.5) is 10.7 Å². The third-order valence-electron chi connectivity index (χ3n) is 3.72. The number of nitrogens with zero attached hydrogens (tertiary/aromatic N) is 4. The maximum absolute atomic E-state index is 12.5. The molecule has 0 aliphatic heterocycles. The minimum absolute atomic E-state index is 0.0333. The maximum atomic E-state index is 12.5. The number of amides is 2. The lowest BCUT2D eigenvalue weighted by Crippen LogP contribution is -2.36. The number of aryl methyl sites for hydroxylation is 2. The molecular formula is C16H22N6O7S. The quantitative estimate of drug-likeness (QED) is 0.546. The molecule has 14 heteroatoms. The average molecular weight is 442 g/mol. The summed E-state index contributed by atoms with van der Waals surface area (Å²) in [5.41, 5.74) is 0.416. The topological polar surface area (TPSA) is 164 Å². The Kier molecular flexibility index (Phi) is 7.15. The normalized spacial score (nSPS) is 11.0. The Morgan fingerprint density at radius 3 is 2.30 bits per heavy atom. The molecule has 0 atom stereocenters. The van der Waals surface area contributed by atoms with Crippen molar-refractivity contribution in [3.8, 4) is 11.8 Å². The molecule has 0 saturated heterocycles. The molecule has 2 heterocycles. The van der Waals surface area contributed by atoms with Crippen LogP contribution >= 0.6 is 0 Å². The monoisotopic (exact) mass is 442 g/mol. The molecule has 0 bridgehead atoms. The number of carbonyl (C=O) groups is 2. The number of hydrogen-bond donors (Lipinski definition) is 2. The van der Waals surface area contributed by atoms with E-state index in [4.69, 9.17) is 14.2 Å². The van der Waals surface area contributed by atoms with E-state index < -0.39 is 27.8 Å². The van der Waals surface area contributed by atoms with Gasteiger partial charge in [0.1, 0.15) is 11.3 Å². The summed E-state index contributed by atoms with van der Waals surface area (Å²) in [5.74, 6) is -1.42. The van der Waals surface area contributed by atoms with E-state index in [0.717, 1.165) is 0 Å². The standard InChI is InChI=1S/C16H22N6O7S/c1-6-29-14(23)13-9(2)20-22(3)10(13)8-30(25,26)21-16(24)19-15-17-11(27-4)7-12(18-15)28-5/h7H,6,8H2,1-5H3,(H2,17,18,19,21,24). The van der Waals surface area contributed by atoms with Crippen LogP contribution in [0.3, 0.4) is 0 Å². The summed E-state index contributed by atoms with van der Waals surface area (Å²) in [6, 6.07) is 0.267. The molecule has 30 heavy (non-hydrogen) atoms. The van der Waals surface area contributed by atoms with Crippen LogP contribution in [-0.2, 0) is 27.6 Å². The summed E-state index contributed by atoms with van der Waals surface area (Å²) in [6.07, 6.45) is 0. The maximum Gasteiger partial charge on any atom is 0.341 e. The van der Waals surface area contributed by atoms with Crippen molar-refractivity contribution in [2.24, 2.45) is 7.05 Å². The number of ether oxygens (including phenoxy) is 3. The predicted octanol–water partition coefficient (Wildman–Crippen LogP) is 0.364. The molecule has 13 nitrogen and oxygen atoms in total. The zero-order valence-corrected chi connectivity index (χ0v) is 17.9. The molecule has 0 unspecified atom stereocenters. The smallest absolute Gasteiger partial charge is 0.341 e. The minimum Gasteiger partial charge on any atom is -0.481 e. The number of hydrogen-bond acceptors (Lipinski definition) is 10. The van der Waals surface area contributed by atoms with Crippen molar-refractivity contribution in [2.45, 2.75) is 19.6 Å². The fraction of sp³-hybridized carbons (Fsp3) is 0.438. The van der Waals surface area contributed by atoms with Gasteiger partial charge in [-0.25, -0.2) is 22.7 Å². The summed E-state index contributed by atoms with van der Waals surface area (Å²) < 4.78 is 42.9. The lowest BCUT2D eigenvalue weighted by Gasteiger charge is -2.10. The van der Waals surface area contributed by atoms with Crippen LogP contribution in [-0.4, -0.2) is 61.0 Å². The zero-order valence-electron chi connectivity index (χ0n) is 17.0. The van der Waals surface area contributed by atoms with Gasteiger partial charge in [-0.3, -0.25) is 10.00 Å². The van der Waals surface area contributed by atoms with Crippen LogP contribution in [0.2, 0.25) is 0 Å². The van der Waals surface area contributed by atoms with Crippen molar-refractivity contribution in [3.63, 3.8) is 0 Å². The van der Waals surface area contributed by atoms with Gasteiger partial charge < -0.3 is 14.2 Å². The minimum atomic E-state index is -4.21. The largest absolute Gasteiger partial charge is 0.481 e. The van der Waals surface area contributed by atoms with E-state index in [1.807, 2.05) is 4.72 Å². The van der Waals surface area contributed by atoms with E-state index in [1.54, 1.807) is 13.8 Å². The summed E-state index contributed by atoms with van der Waals surface area (Å²) in [4.78, 5) is 32.1. The van der Waals surface area contributed by atoms with Gasteiger partial charge in [-0.05, 0) is 13.8 Å². The molecule has 164 valence electrons. The van der Waals surface area contributed by atoms with Gasteiger partial charge in [0.15, 0.2) is 0 Å². The van der Waals surface area contributed by atoms with Crippen molar-refractivity contribution in [1.29, 1.82) is 0 Å². The Hall–Kier alpha value is -3.42. The van der Waals surface area contributed by atoms with Crippen molar-refractivity contribution < 1.29 is 32.2 Å². The number of sulfonamides is 1. The summed E-state index contributed by atoms with van der Waals surface area (Å²) in [7, 11) is -0.0225. The lowest BCUT2D eigenvalue weighted by molar-refractivity contribution is 0.0524.